The van der Waals surface area contributed by atoms with Crippen molar-refractivity contribution in [1.82, 2.24) is 24.1 Å². The van der Waals surface area contributed by atoms with Crippen LogP contribution in [0.3, 0.4) is 0 Å². The van der Waals surface area contributed by atoms with E-state index in [0.717, 1.165) is 25.0 Å². The van der Waals surface area contributed by atoms with Gasteiger partial charge < -0.3 is 4.90 Å². The number of amides is 1. The lowest BCUT2D eigenvalue weighted by molar-refractivity contribution is -0.129. The third-order valence-electron chi connectivity index (χ3n) is 4.77. The van der Waals surface area contributed by atoms with Crippen molar-refractivity contribution in [3.8, 4) is 0 Å². The summed E-state index contributed by atoms with van der Waals surface area (Å²) >= 11 is 1.38. The molecule has 0 bridgehead atoms. The second-order valence-corrected chi connectivity index (χ2v) is 9.41. The van der Waals surface area contributed by atoms with E-state index in [1.807, 2.05) is 40.5 Å². The summed E-state index contributed by atoms with van der Waals surface area (Å²) < 4.78 is 3.57. The molecule has 2 heterocycles. The first-order valence-electron chi connectivity index (χ1n) is 10.6. The molecule has 2 aromatic heterocycles. The Labute approximate surface area is 181 Å². The van der Waals surface area contributed by atoms with Gasteiger partial charge in [-0.2, -0.15) is 0 Å². The number of carbonyl (C=O) groups excluding carboxylic acids is 1. The van der Waals surface area contributed by atoms with Crippen LogP contribution in [-0.4, -0.2) is 48.8 Å². The summed E-state index contributed by atoms with van der Waals surface area (Å²) in [6.07, 6.45) is 0.821. The second-order valence-electron chi connectivity index (χ2n) is 8.47. The number of benzene rings is 1. The van der Waals surface area contributed by atoms with E-state index in [-0.39, 0.29) is 11.5 Å². The van der Waals surface area contributed by atoms with Gasteiger partial charge in [-0.25, -0.2) is 0 Å². The number of aromatic nitrogens is 4. The minimum Gasteiger partial charge on any atom is -0.341 e. The van der Waals surface area contributed by atoms with Gasteiger partial charge >= 0.3 is 0 Å². The number of nitrogens with zero attached hydrogens (tertiary/aromatic N) is 5. The zero-order chi connectivity index (χ0) is 21.8. The van der Waals surface area contributed by atoms with E-state index in [4.69, 9.17) is 0 Å². The Morgan fingerprint density at radius 2 is 1.77 bits per heavy atom. The Bertz CT molecular complexity index is 1080. The molecular formula is C22H31N5O2S. The van der Waals surface area contributed by atoms with Crippen molar-refractivity contribution in [2.24, 2.45) is 11.8 Å². The van der Waals surface area contributed by atoms with Crippen LogP contribution in [0, 0.1) is 11.8 Å². The van der Waals surface area contributed by atoms with Crippen LogP contribution in [0.4, 0.5) is 0 Å². The van der Waals surface area contributed by atoms with E-state index in [1.165, 1.54) is 11.8 Å². The average molecular weight is 430 g/mol. The highest BCUT2D eigenvalue weighted by Gasteiger charge is 2.20. The fraction of sp³-hybridized carbons (Fsp3) is 0.545. The highest BCUT2D eigenvalue weighted by molar-refractivity contribution is 7.99. The molecule has 0 fully saturated rings. The van der Waals surface area contributed by atoms with Crippen LogP contribution >= 0.6 is 11.8 Å². The molecule has 0 aliphatic heterocycles. The third-order valence-corrected chi connectivity index (χ3v) is 5.69. The van der Waals surface area contributed by atoms with E-state index in [1.54, 1.807) is 4.57 Å². The first kappa shape index (κ1) is 22.3. The van der Waals surface area contributed by atoms with Crippen molar-refractivity contribution >= 4 is 34.3 Å². The summed E-state index contributed by atoms with van der Waals surface area (Å²) in [7, 11) is 0. The second kappa shape index (κ2) is 9.64. The topological polar surface area (TPSA) is 72.5 Å². The highest BCUT2D eigenvalue weighted by atomic mass is 32.2. The first-order chi connectivity index (χ1) is 14.3. The number of aryl methyl sites for hydroxylation is 1. The van der Waals surface area contributed by atoms with Gasteiger partial charge in [0.1, 0.15) is 0 Å². The Kier molecular flexibility index (Phi) is 7.18. The summed E-state index contributed by atoms with van der Waals surface area (Å²) in [5, 5.41) is 9.89. The molecule has 0 saturated carbocycles. The molecule has 1 aromatic carbocycles. The molecule has 1 amide bonds. The molecule has 0 aliphatic carbocycles. The van der Waals surface area contributed by atoms with Gasteiger partial charge in [0.15, 0.2) is 5.16 Å². The SMILES string of the molecule is CCCn1c(=O)c2ccccc2n2c(SCC(=O)N(CC(C)C)CC(C)C)nnc12. The van der Waals surface area contributed by atoms with Crippen molar-refractivity contribution in [2.45, 2.75) is 52.7 Å². The number of rotatable bonds is 9. The molecule has 0 spiro atoms. The van der Waals surface area contributed by atoms with Crippen LogP contribution in [0.25, 0.3) is 16.7 Å². The van der Waals surface area contributed by atoms with E-state index >= 15 is 0 Å². The molecule has 3 rings (SSSR count). The van der Waals surface area contributed by atoms with Crippen LogP contribution in [0.1, 0.15) is 41.0 Å². The quantitative estimate of drug-likeness (QED) is 0.485. The minimum absolute atomic E-state index is 0.0555. The first-order valence-corrected chi connectivity index (χ1v) is 11.6. The number of hydrogen-bond acceptors (Lipinski definition) is 5. The fourth-order valence-corrected chi connectivity index (χ4v) is 4.47. The van der Waals surface area contributed by atoms with E-state index < -0.39 is 0 Å². The van der Waals surface area contributed by atoms with E-state index in [2.05, 4.69) is 37.9 Å². The average Bonchev–Trinajstić information content (AvgIpc) is 3.12. The molecule has 0 saturated heterocycles. The number of fused-ring (bicyclic) bond motifs is 3. The molecule has 0 unspecified atom stereocenters. The van der Waals surface area contributed by atoms with Gasteiger partial charge in [-0.05, 0) is 30.4 Å². The van der Waals surface area contributed by atoms with Gasteiger partial charge in [-0.15, -0.1) is 10.2 Å². The summed E-state index contributed by atoms with van der Waals surface area (Å²) in [5.74, 6) is 1.75. The molecule has 0 N–H and O–H groups in total. The van der Waals surface area contributed by atoms with Crippen molar-refractivity contribution < 1.29 is 4.79 Å². The lowest BCUT2D eigenvalue weighted by atomic mass is 10.1. The molecular weight excluding hydrogens is 398 g/mol. The maximum absolute atomic E-state index is 12.9. The molecule has 7 nitrogen and oxygen atoms in total. The largest absolute Gasteiger partial charge is 0.341 e. The van der Waals surface area contributed by atoms with Gasteiger partial charge in [0.25, 0.3) is 5.56 Å². The highest BCUT2D eigenvalue weighted by Crippen LogP contribution is 2.22. The van der Waals surface area contributed by atoms with Gasteiger partial charge in [0.05, 0.1) is 16.7 Å². The van der Waals surface area contributed by atoms with Crippen LogP contribution in [-0.2, 0) is 11.3 Å². The van der Waals surface area contributed by atoms with Gasteiger partial charge in [0, 0.05) is 19.6 Å². The van der Waals surface area contributed by atoms with Gasteiger partial charge in [-0.3, -0.25) is 18.6 Å². The van der Waals surface area contributed by atoms with E-state index in [9.17, 15) is 9.59 Å². The predicted molar refractivity (Wildman–Crippen MR) is 122 cm³/mol. The minimum atomic E-state index is -0.0555. The molecule has 8 heteroatoms. The summed E-state index contributed by atoms with van der Waals surface area (Å²) in [6.45, 7) is 12.6. The van der Waals surface area contributed by atoms with E-state index in [0.29, 0.717) is 40.5 Å². The van der Waals surface area contributed by atoms with Crippen LogP contribution < -0.4 is 5.56 Å². The lowest BCUT2D eigenvalue weighted by Gasteiger charge is -2.26. The maximum Gasteiger partial charge on any atom is 0.262 e. The summed E-state index contributed by atoms with van der Waals surface area (Å²) in [6, 6.07) is 7.50. The van der Waals surface area contributed by atoms with Crippen molar-refractivity contribution in [3.63, 3.8) is 0 Å². The molecule has 0 radical (unpaired) electrons. The van der Waals surface area contributed by atoms with Crippen molar-refractivity contribution in [2.75, 3.05) is 18.8 Å². The molecule has 162 valence electrons. The Balaban J connectivity index is 1.95. The normalized spacial score (nSPS) is 11.8. The number of carbonyl (C=O) groups is 1. The number of thioether (sulfide) groups is 1. The van der Waals surface area contributed by atoms with Crippen molar-refractivity contribution in [3.05, 3.63) is 34.6 Å². The molecule has 3 aromatic rings. The number of hydrogen-bond donors (Lipinski definition) is 0. The third kappa shape index (κ3) is 4.69. The van der Waals surface area contributed by atoms with Gasteiger partial charge in [-0.1, -0.05) is 58.5 Å². The Morgan fingerprint density at radius 1 is 1.10 bits per heavy atom. The summed E-state index contributed by atoms with van der Waals surface area (Å²) in [5.41, 5.74) is 0.714. The monoisotopic (exact) mass is 429 g/mol. The van der Waals surface area contributed by atoms with Crippen LogP contribution in [0.15, 0.2) is 34.2 Å². The smallest absolute Gasteiger partial charge is 0.262 e. The lowest BCUT2D eigenvalue weighted by Crippen LogP contribution is -2.38. The predicted octanol–water partition coefficient (Wildman–Crippen LogP) is 3.69. The summed E-state index contributed by atoms with van der Waals surface area (Å²) in [4.78, 5) is 27.8. The van der Waals surface area contributed by atoms with Gasteiger partial charge in [0.2, 0.25) is 11.7 Å². The molecule has 0 atom stereocenters. The zero-order valence-electron chi connectivity index (χ0n) is 18.5. The molecule has 0 aliphatic rings. The number of para-hydroxylation sites is 1. The Morgan fingerprint density at radius 3 is 2.40 bits per heavy atom. The standard InChI is InChI=1S/C22H31N5O2S/c1-6-11-26-20(29)17-9-7-8-10-18(17)27-21(26)23-24-22(27)30-14-19(28)25(12-15(2)3)13-16(4)5/h7-10,15-16H,6,11-14H2,1-5H3. The van der Waals surface area contributed by atoms with Crippen LogP contribution in [0.2, 0.25) is 0 Å². The van der Waals surface area contributed by atoms with Crippen LogP contribution in [0.5, 0.6) is 0 Å². The molecule has 30 heavy (non-hydrogen) atoms. The maximum atomic E-state index is 12.9. The Hall–Kier alpha value is -2.35. The van der Waals surface area contributed by atoms with Crippen molar-refractivity contribution in [1.29, 1.82) is 0 Å². The zero-order valence-corrected chi connectivity index (χ0v) is 19.3. The fourth-order valence-electron chi connectivity index (χ4n) is 3.63.